The highest BCUT2D eigenvalue weighted by Crippen LogP contribution is 2.20. The van der Waals surface area contributed by atoms with E-state index in [0.717, 1.165) is 9.80 Å². The van der Waals surface area contributed by atoms with Gasteiger partial charge in [0.1, 0.15) is 18.1 Å². The molecular weight excluding hydrogens is 516 g/mol. The minimum absolute atomic E-state index is 0.0413. The van der Waals surface area contributed by atoms with Gasteiger partial charge in [-0.15, -0.1) is 0 Å². The maximum Gasteiger partial charge on any atom is 0.248 e. The monoisotopic (exact) mass is 560 g/mol. The molecule has 0 aromatic rings. The van der Waals surface area contributed by atoms with Crippen molar-refractivity contribution < 1.29 is 44.4 Å². The average molecular weight is 561 g/mol. The van der Waals surface area contributed by atoms with Crippen LogP contribution in [0.25, 0.3) is 0 Å². The number of amides is 5. The van der Waals surface area contributed by atoms with Gasteiger partial charge in [0.25, 0.3) is 0 Å². The van der Waals surface area contributed by atoms with E-state index < -0.39 is 84.7 Å². The third kappa shape index (κ3) is 9.39. The smallest absolute Gasteiger partial charge is 0.248 e. The van der Waals surface area contributed by atoms with Crippen LogP contribution < -0.4 is 21.7 Å². The number of nitrogens with two attached hydrogens (primary N) is 1. The van der Waals surface area contributed by atoms with Crippen LogP contribution in [0.5, 0.6) is 0 Å². The summed E-state index contributed by atoms with van der Waals surface area (Å²) >= 11 is 0. The van der Waals surface area contributed by atoms with Crippen LogP contribution in [0.3, 0.4) is 0 Å². The van der Waals surface area contributed by atoms with Gasteiger partial charge >= 0.3 is 0 Å². The van der Waals surface area contributed by atoms with Crippen molar-refractivity contribution in [3.63, 3.8) is 0 Å². The highest BCUT2D eigenvalue weighted by Gasteiger charge is 2.44. The normalized spacial score (nSPS) is 21.9. The van der Waals surface area contributed by atoms with Gasteiger partial charge in [0.15, 0.2) is 0 Å². The largest absolute Gasteiger partial charge is 0.392 e. The van der Waals surface area contributed by atoms with E-state index in [1.807, 2.05) is 13.8 Å². The quantitative estimate of drug-likeness (QED) is 0.102. The van der Waals surface area contributed by atoms with E-state index in [-0.39, 0.29) is 25.4 Å². The molecule has 0 bridgehead atoms. The van der Waals surface area contributed by atoms with Gasteiger partial charge in [-0.2, -0.15) is 0 Å². The highest BCUT2D eigenvalue weighted by molar-refractivity contribution is 5.95. The van der Waals surface area contributed by atoms with E-state index in [1.54, 1.807) is 7.05 Å². The van der Waals surface area contributed by atoms with Crippen molar-refractivity contribution in [3.8, 4) is 0 Å². The predicted molar refractivity (Wildman–Crippen MR) is 138 cm³/mol. The molecule has 9 N–H and O–H groups in total. The Hall–Kier alpha value is -2.85. The summed E-state index contributed by atoms with van der Waals surface area (Å²) in [5.74, 6) is -4.24. The Balaban J connectivity index is 3.05. The summed E-state index contributed by atoms with van der Waals surface area (Å²) in [5, 5.41) is 47.8. The zero-order valence-electron chi connectivity index (χ0n) is 23.3. The third-order valence-corrected chi connectivity index (χ3v) is 6.44. The molecule has 1 aliphatic rings. The average Bonchev–Trinajstić information content (AvgIpc) is 3.21. The second-order valence-electron chi connectivity index (χ2n) is 10.3. The maximum atomic E-state index is 13.1. The molecule has 15 nitrogen and oxygen atoms in total. The second kappa shape index (κ2) is 15.1. The topological polar surface area (TPSA) is 235 Å². The summed E-state index contributed by atoms with van der Waals surface area (Å²) < 4.78 is 0. The first kappa shape index (κ1) is 34.2. The number of carbonyl (C=O) groups excluding carboxylic acids is 5. The van der Waals surface area contributed by atoms with Crippen molar-refractivity contribution in [2.75, 3.05) is 26.7 Å². The minimum Gasteiger partial charge on any atom is -0.392 e. The summed E-state index contributed by atoms with van der Waals surface area (Å²) in [6.07, 6.45) is -4.99. The number of rotatable bonds is 14. The number of nitrogens with zero attached hydrogens (tertiary/aromatic N) is 2. The van der Waals surface area contributed by atoms with Gasteiger partial charge < -0.3 is 51.9 Å². The Bertz CT molecular complexity index is 882. The number of carbonyl (C=O) groups is 5. The van der Waals surface area contributed by atoms with Gasteiger partial charge in [0.05, 0.1) is 37.0 Å². The molecule has 0 aromatic heterocycles. The van der Waals surface area contributed by atoms with Crippen LogP contribution in [-0.4, -0.2) is 135 Å². The van der Waals surface area contributed by atoms with Crippen LogP contribution >= 0.6 is 0 Å². The van der Waals surface area contributed by atoms with E-state index in [9.17, 15) is 44.4 Å². The summed E-state index contributed by atoms with van der Waals surface area (Å²) in [6, 6.07) is -5.15. The Labute approximate surface area is 228 Å². The molecule has 8 unspecified atom stereocenters. The van der Waals surface area contributed by atoms with Crippen molar-refractivity contribution in [2.24, 2.45) is 11.7 Å². The molecule has 1 fully saturated rings. The molecule has 1 saturated heterocycles. The van der Waals surface area contributed by atoms with Crippen LogP contribution in [0.15, 0.2) is 0 Å². The molecule has 1 aliphatic heterocycles. The number of primary amides is 1. The Morgan fingerprint density at radius 1 is 0.949 bits per heavy atom. The van der Waals surface area contributed by atoms with Crippen LogP contribution in [0.1, 0.15) is 41.0 Å². The molecule has 0 spiro atoms. The predicted octanol–water partition coefficient (Wildman–Crippen LogP) is -4.38. The fourth-order valence-electron chi connectivity index (χ4n) is 4.46. The Morgan fingerprint density at radius 2 is 1.51 bits per heavy atom. The third-order valence-electron chi connectivity index (χ3n) is 6.44. The molecule has 0 radical (unpaired) electrons. The lowest BCUT2D eigenvalue weighted by atomic mass is 10.0. The molecular formula is C24H44N6O9. The molecule has 0 aromatic carbocycles. The lowest BCUT2D eigenvalue weighted by molar-refractivity contribution is -0.145. The minimum atomic E-state index is -1.59. The van der Waals surface area contributed by atoms with Crippen LogP contribution in [0.2, 0.25) is 0 Å². The number of hydrogen-bond donors (Lipinski definition) is 8. The van der Waals surface area contributed by atoms with Crippen molar-refractivity contribution >= 4 is 29.5 Å². The number of aliphatic hydroxyl groups excluding tert-OH is 4. The number of likely N-dealkylation sites (tertiary alicyclic amines) is 1. The summed E-state index contributed by atoms with van der Waals surface area (Å²) in [4.78, 5) is 65.8. The molecule has 0 saturated carbocycles. The summed E-state index contributed by atoms with van der Waals surface area (Å²) in [5.41, 5.74) is 5.30. The van der Waals surface area contributed by atoms with Crippen LogP contribution in [0.4, 0.5) is 0 Å². The fourth-order valence-corrected chi connectivity index (χ4v) is 4.46. The zero-order valence-corrected chi connectivity index (χ0v) is 23.3. The van der Waals surface area contributed by atoms with E-state index in [0.29, 0.717) is 0 Å². The maximum absolute atomic E-state index is 13.1. The molecule has 1 heterocycles. The first-order valence-electron chi connectivity index (χ1n) is 12.9. The van der Waals surface area contributed by atoms with E-state index in [1.165, 1.54) is 20.8 Å². The molecule has 15 heteroatoms. The van der Waals surface area contributed by atoms with Gasteiger partial charge in [-0.05, 0) is 40.2 Å². The van der Waals surface area contributed by atoms with Crippen molar-refractivity contribution in [1.29, 1.82) is 0 Å². The van der Waals surface area contributed by atoms with Crippen molar-refractivity contribution in [3.05, 3.63) is 0 Å². The Kier molecular flexibility index (Phi) is 13.2. The Morgan fingerprint density at radius 3 is 1.95 bits per heavy atom. The molecule has 224 valence electrons. The first-order valence-corrected chi connectivity index (χ1v) is 12.9. The van der Waals surface area contributed by atoms with Crippen LogP contribution in [-0.2, 0) is 24.0 Å². The lowest BCUT2D eigenvalue weighted by Crippen LogP contribution is -2.62. The van der Waals surface area contributed by atoms with Crippen molar-refractivity contribution in [2.45, 2.75) is 89.6 Å². The first-order chi connectivity index (χ1) is 18.0. The second-order valence-corrected chi connectivity index (χ2v) is 10.3. The molecule has 0 aliphatic carbocycles. The number of hydrogen-bond acceptors (Lipinski definition) is 10. The highest BCUT2D eigenvalue weighted by atomic mass is 16.3. The van der Waals surface area contributed by atoms with E-state index in [2.05, 4.69) is 16.0 Å². The van der Waals surface area contributed by atoms with E-state index >= 15 is 0 Å². The number of aliphatic hydroxyl groups is 4. The molecule has 39 heavy (non-hydrogen) atoms. The number of nitrogens with one attached hydrogen (secondary N) is 3. The standard InChI is InChI=1S/C24H44N6O9/c1-11(2)17(26-6)23(38)29(9-12(3)31)10-16(35)27-18(13(4)32)22(37)28-19(14(5)33)24(39)30-8-7-15(34)20(30)21(25)36/h11-15,17-20,26,31-34H,7-10H2,1-6H3,(H2,25,36)(H,27,35)(H,28,37). The van der Waals surface area contributed by atoms with Crippen LogP contribution in [0, 0.1) is 5.92 Å². The zero-order chi connectivity index (χ0) is 30.2. The lowest BCUT2D eigenvalue weighted by Gasteiger charge is -2.32. The van der Waals surface area contributed by atoms with Gasteiger partial charge in [0.2, 0.25) is 29.5 Å². The van der Waals surface area contributed by atoms with Crippen molar-refractivity contribution in [1.82, 2.24) is 25.8 Å². The summed E-state index contributed by atoms with van der Waals surface area (Å²) in [7, 11) is 1.59. The molecule has 5 amide bonds. The SMILES string of the molecule is CNC(C(=O)N(CC(=O)NC(C(=O)NC(C(=O)N1CCC(O)C1C(N)=O)C(C)O)C(C)O)CC(C)O)C(C)C. The fraction of sp³-hybridized carbons (Fsp3) is 0.792. The van der Waals surface area contributed by atoms with Gasteiger partial charge in [-0.3, -0.25) is 24.0 Å². The number of likely N-dealkylation sites (N-methyl/N-ethyl adjacent to an activating group) is 1. The summed E-state index contributed by atoms with van der Waals surface area (Å²) in [6.45, 7) is 6.77. The van der Waals surface area contributed by atoms with Gasteiger partial charge in [-0.25, -0.2) is 0 Å². The van der Waals surface area contributed by atoms with E-state index in [4.69, 9.17) is 5.73 Å². The molecule has 8 atom stereocenters. The van der Waals surface area contributed by atoms with Gasteiger partial charge in [-0.1, -0.05) is 13.8 Å². The molecule has 1 rings (SSSR count). The van der Waals surface area contributed by atoms with Gasteiger partial charge in [0, 0.05) is 13.1 Å².